The zero-order valence-electron chi connectivity index (χ0n) is 57.3. The summed E-state index contributed by atoms with van der Waals surface area (Å²) < 4.78 is 68.2. The van der Waals surface area contributed by atoms with Crippen LogP contribution in [0.2, 0.25) is 0 Å². The monoisotopic (exact) mass is 1300 g/mol. The van der Waals surface area contributed by atoms with Crippen LogP contribution >= 0.6 is 15.6 Å². The van der Waals surface area contributed by atoms with Crippen molar-refractivity contribution in [3.8, 4) is 0 Å². The van der Waals surface area contributed by atoms with Crippen LogP contribution in [0.1, 0.15) is 338 Å². The fraction of sp³-hybridized carbons (Fsp3) is 0.942. The molecule has 0 aromatic rings. The van der Waals surface area contributed by atoms with Crippen molar-refractivity contribution < 1.29 is 80.2 Å². The van der Waals surface area contributed by atoms with Crippen molar-refractivity contribution in [2.24, 2.45) is 23.7 Å². The van der Waals surface area contributed by atoms with E-state index in [1.807, 2.05) is 0 Å². The Balaban J connectivity index is 5.22. The third-order valence-corrected chi connectivity index (χ3v) is 18.4. The maximum Gasteiger partial charge on any atom is 0.472 e. The van der Waals surface area contributed by atoms with Crippen LogP contribution in [0, 0.1) is 23.7 Å². The average Bonchev–Trinajstić information content (AvgIpc) is 3.35. The maximum atomic E-state index is 13.0. The van der Waals surface area contributed by atoms with Gasteiger partial charge in [-0.2, -0.15) is 0 Å². The Bertz CT molecular complexity index is 1750. The summed E-state index contributed by atoms with van der Waals surface area (Å²) in [5.74, 6) is 0.832. The summed E-state index contributed by atoms with van der Waals surface area (Å²) in [5.41, 5.74) is 0. The number of phosphoric acid groups is 2. The molecular formula is C69H134O17P2. The summed E-state index contributed by atoms with van der Waals surface area (Å²) in [6.45, 7) is 14.0. The van der Waals surface area contributed by atoms with Crippen LogP contribution in [0.4, 0.5) is 0 Å². The largest absolute Gasteiger partial charge is 0.472 e. The van der Waals surface area contributed by atoms with Gasteiger partial charge in [-0.1, -0.05) is 287 Å². The minimum absolute atomic E-state index is 0.101. The lowest BCUT2D eigenvalue weighted by Gasteiger charge is -2.21. The fourth-order valence-electron chi connectivity index (χ4n) is 10.2. The maximum absolute atomic E-state index is 13.0. The Kier molecular flexibility index (Phi) is 57.6. The van der Waals surface area contributed by atoms with Crippen LogP contribution in [0.25, 0.3) is 0 Å². The second-order valence-corrected chi connectivity index (χ2v) is 29.3. The zero-order chi connectivity index (χ0) is 65.4. The molecule has 0 heterocycles. The van der Waals surface area contributed by atoms with Gasteiger partial charge in [0.2, 0.25) is 0 Å². The van der Waals surface area contributed by atoms with Gasteiger partial charge in [-0.25, -0.2) is 9.13 Å². The number of aliphatic hydroxyl groups is 1. The van der Waals surface area contributed by atoms with E-state index < -0.39 is 97.5 Å². The first-order chi connectivity index (χ1) is 42.2. The van der Waals surface area contributed by atoms with Crippen LogP contribution in [-0.4, -0.2) is 96.7 Å². The van der Waals surface area contributed by atoms with Gasteiger partial charge in [0.15, 0.2) is 12.2 Å². The summed E-state index contributed by atoms with van der Waals surface area (Å²) in [6.07, 6.45) is 40.5. The first kappa shape index (κ1) is 86.1. The lowest BCUT2D eigenvalue weighted by Crippen LogP contribution is -2.30. The fourth-order valence-corrected chi connectivity index (χ4v) is 11.8. The normalized spacial score (nSPS) is 14.9. The molecule has 522 valence electrons. The van der Waals surface area contributed by atoms with Gasteiger partial charge in [-0.3, -0.25) is 37.3 Å². The van der Waals surface area contributed by atoms with Gasteiger partial charge < -0.3 is 33.8 Å². The predicted molar refractivity (Wildman–Crippen MR) is 354 cm³/mol. The van der Waals surface area contributed by atoms with Crippen LogP contribution in [0.3, 0.4) is 0 Å². The van der Waals surface area contributed by atoms with Gasteiger partial charge in [0.05, 0.1) is 26.4 Å². The summed E-state index contributed by atoms with van der Waals surface area (Å²) in [6, 6.07) is 0. The SMILES string of the molecule is CCC(C)CCCCCCCCCCC(=O)O[C@H](COC(=O)CCCCCCCCCCCCCCCCC(C)C)COP(=O)(O)OC[C@@H](O)COP(=O)(O)OC[C@@H](COC(=O)CCCCCCCCC(C)C)OC(=O)CCCCCCCCC(C)CC. The number of rotatable bonds is 66. The van der Waals surface area contributed by atoms with E-state index in [0.717, 1.165) is 114 Å². The minimum atomic E-state index is -4.95. The zero-order valence-corrected chi connectivity index (χ0v) is 59.1. The van der Waals surface area contributed by atoms with E-state index in [9.17, 15) is 43.2 Å². The smallest absolute Gasteiger partial charge is 0.462 e. The van der Waals surface area contributed by atoms with Crippen LogP contribution < -0.4 is 0 Å². The van der Waals surface area contributed by atoms with Crippen molar-refractivity contribution >= 4 is 39.5 Å². The highest BCUT2D eigenvalue weighted by atomic mass is 31.2. The number of esters is 4. The molecule has 0 fully saturated rings. The molecule has 0 aliphatic carbocycles. The molecule has 88 heavy (non-hydrogen) atoms. The first-order valence-corrected chi connectivity index (χ1v) is 38.8. The molecule has 17 nitrogen and oxygen atoms in total. The number of carbonyl (C=O) groups excluding carboxylic acids is 4. The summed E-state index contributed by atoms with van der Waals surface area (Å²) in [7, 11) is -9.90. The lowest BCUT2D eigenvalue weighted by molar-refractivity contribution is -0.161. The van der Waals surface area contributed by atoms with Gasteiger partial charge in [0, 0.05) is 25.7 Å². The second-order valence-electron chi connectivity index (χ2n) is 26.4. The van der Waals surface area contributed by atoms with Crippen LogP contribution in [-0.2, 0) is 65.4 Å². The highest BCUT2D eigenvalue weighted by Gasteiger charge is 2.30. The molecule has 0 aromatic carbocycles. The van der Waals surface area contributed by atoms with Crippen LogP contribution in [0.5, 0.6) is 0 Å². The summed E-state index contributed by atoms with van der Waals surface area (Å²) >= 11 is 0. The molecule has 0 saturated heterocycles. The van der Waals surface area contributed by atoms with Crippen molar-refractivity contribution in [3.63, 3.8) is 0 Å². The Hall–Kier alpha value is -1.94. The van der Waals surface area contributed by atoms with E-state index in [4.69, 9.17) is 37.0 Å². The van der Waals surface area contributed by atoms with E-state index in [-0.39, 0.29) is 25.7 Å². The average molecular weight is 1300 g/mol. The topological polar surface area (TPSA) is 237 Å². The number of unbranched alkanes of at least 4 members (excludes halogenated alkanes) is 30. The third-order valence-electron chi connectivity index (χ3n) is 16.5. The Labute approximate surface area is 537 Å². The van der Waals surface area contributed by atoms with Crippen LogP contribution in [0.15, 0.2) is 0 Å². The molecule has 0 aliphatic rings. The van der Waals surface area contributed by atoms with Gasteiger partial charge in [-0.15, -0.1) is 0 Å². The lowest BCUT2D eigenvalue weighted by atomic mass is 9.99. The molecule has 4 unspecified atom stereocenters. The second kappa shape index (κ2) is 58.8. The molecule has 0 saturated carbocycles. The quantitative estimate of drug-likeness (QED) is 0.0222. The van der Waals surface area contributed by atoms with Crippen molar-refractivity contribution in [2.75, 3.05) is 39.6 Å². The number of ether oxygens (including phenoxy) is 4. The Morgan fingerprint density at radius 2 is 0.545 bits per heavy atom. The first-order valence-electron chi connectivity index (χ1n) is 35.8. The highest BCUT2D eigenvalue weighted by Crippen LogP contribution is 2.45. The highest BCUT2D eigenvalue weighted by molar-refractivity contribution is 7.47. The van der Waals surface area contributed by atoms with E-state index in [0.29, 0.717) is 31.6 Å². The Morgan fingerprint density at radius 1 is 0.318 bits per heavy atom. The van der Waals surface area contributed by atoms with Crippen molar-refractivity contribution in [3.05, 3.63) is 0 Å². The number of carbonyl (C=O) groups is 4. The summed E-state index contributed by atoms with van der Waals surface area (Å²) in [4.78, 5) is 72.4. The van der Waals surface area contributed by atoms with Gasteiger partial charge in [0.25, 0.3) is 0 Å². The summed E-state index contributed by atoms with van der Waals surface area (Å²) in [5, 5.41) is 10.6. The van der Waals surface area contributed by atoms with E-state index >= 15 is 0 Å². The Morgan fingerprint density at radius 3 is 0.807 bits per heavy atom. The van der Waals surface area contributed by atoms with Gasteiger partial charge in [-0.05, 0) is 49.4 Å². The van der Waals surface area contributed by atoms with E-state index in [2.05, 4.69) is 55.4 Å². The molecule has 0 aliphatic heterocycles. The van der Waals surface area contributed by atoms with Crippen molar-refractivity contribution in [2.45, 2.75) is 356 Å². The predicted octanol–water partition coefficient (Wildman–Crippen LogP) is 19.3. The molecule has 0 spiro atoms. The van der Waals surface area contributed by atoms with E-state index in [1.54, 1.807) is 0 Å². The number of aliphatic hydroxyl groups excluding tert-OH is 1. The van der Waals surface area contributed by atoms with Crippen molar-refractivity contribution in [1.82, 2.24) is 0 Å². The van der Waals surface area contributed by atoms with E-state index in [1.165, 1.54) is 135 Å². The minimum Gasteiger partial charge on any atom is -0.462 e. The molecule has 0 bridgehead atoms. The molecule has 0 amide bonds. The molecule has 0 aromatic heterocycles. The number of phosphoric ester groups is 2. The molecule has 0 rings (SSSR count). The molecule has 3 N–H and O–H groups in total. The van der Waals surface area contributed by atoms with Crippen molar-refractivity contribution in [1.29, 1.82) is 0 Å². The third kappa shape index (κ3) is 60.3. The molecule has 0 radical (unpaired) electrons. The molecule has 19 heteroatoms. The van der Waals surface area contributed by atoms with Gasteiger partial charge >= 0.3 is 39.5 Å². The standard InChI is InChI=1S/C69H134O17P2/c1-9-61(7)47-39-31-22-19-20-24-35-43-51-68(73)85-64(55-79-66(71)49-41-33-23-18-16-14-12-11-13-15-17-21-29-37-45-59(3)4)57-83-87(75,76)81-53-63(70)54-82-88(77,78)84-58-65(56-80-67(72)50-42-34-27-25-30-38-46-60(5)6)86-69(74)52-44-36-28-26-32-40-48-62(8)10-2/h59-65,70H,9-58H2,1-8H3,(H,75,76)(H,77,78)/t61?,62?,63-,64-,65-/m1/s1. The van der Waals surface area contributed by atoms with Gasteiger partial charge in [0.1, 0.15) is 19.3 Å². The number of hydrogen-bond acceptors (Lipinski definition) is 15. The number of hydrogen-bond donors (Lipinski definition) is 3. The molecule has 7 atom stereocenters. The molecular weight excluding hydrogens is 1160 g/mol.